The molecule has 1 atom stereocenters. The Balaban J connectivity index is 2.40. The van der Waals surface area contributed by atoms with Gasteiger partial charge in [-0.1, -0.05) is 24.3 Å². The van der Waals surface area contributed by atoms with E-state index in [1.807, 2.05) is 0 Å². The molecule has 15 heavy (non-hydrogen) atoms. The molecule has 0 aliphatic heterocycles. The van der Waals surface area contributed by atoms with Gasteiger partial charge in [0.2, 0.25) is 0 Å². The Labute approximate surface area is 92.3 Å². The Morgan fingerprint density at radius 2 is 2.00 bits per heavy atom. The van der Waals surface area contributed by atoms with Crippen molar-refractivity contribution in [3.05, 3.63) is 35.4 Å². The van der Waals surface area contributed by atoms with E-state index in [0.29, 0.717) is 12.6 Å². The molecule has 2 heteroatoms. The first-order valence-electron chi connectivity index (χ1n) is 5.65. The topological polar surface area (TPSA) is 32.3 Å². The summed E-state index contributed by atoms with van der Waals surface area (Å²) >= 11 is 0. The summed E-state index contributed by atoms with van der Waals surface area (Å²) in [7, 11) is 0. The maximum absolute atomic E-state index is 8.66. The van der Waals surface area contributed by atoms with Crippen molar-refractivity contribution >= 4 is 0 Å². The first kappa shape index (κ1) is 12.2. The summed E-state index contributed by atoms with van der Waals surface area (Å²) in [6.07, 6.45) is 1.92. The average molecular weight is 207 g/mol. The van der Waals surface area contributed by atoms with E-state index >= 15 is 0 Å². The molecule has 0 radical (unpaired) electrons. The number of aryl methyl sites for hydroxylation is 1. The molecule has 84 valence electrons. The fourth-order valence-electron chi connectivity index (χ4n) is 1.74. The molecule has 0 aliphatic carbocycles. The summed E-state index contributed by atoms with van der Waals surface area (Å²) < 4.78 is 0. The van der Waals surface area contributed by atoms with Crippen LogP contribution in [-0.2, 0) is 0 Å². The van der Waals surface area contributed by atoms with Gasteiger partial charge >= 0.3 is 0 Å². The molecule has 0 bridgehead atoms. The zero-order valence-electron chi connectivity index (χ0n) is 9.66. The van der Waals surface area contributed by atoms with E-state index in [0.717, 1.165) is 19.4 Å². The lowest BCUT2D eigenvalue weighted by atomic mass is 10.0. The van der Waals surface area contributed by atoms with E-state index in [9.17, 15) is 0 Å². The smallest absolute Gasteiger partial charge is 0.0431 e. The maximum Gasteiger partial charge on any atom is 0.0431 e. The second-order valence-corrected chi connectivity index (χ2v) is 3.96. The summed E-state index contributed by atoms with van der Waals surface area (Å²) in [5.74, 6) is 0. The van der Waals surface area contributed by atoms with Crippen LogP contribution in [0.25, 0.3) is 0 Å². The SMILES string of the molecule is Cc1ccccc1[C@@H](C)NCCCCO. The van der Waals surface area contributed by atoms with Gasteiger partial charge in [0.25, 0.3) is 0 Å². The van der Waals surface area contributed by atoms with Crippen LogP contribution in [0.2, 0.25) is 0 Å². The van der Waals surface area contributed by atoms with Crippen LogP contribution in [0.4, 0.5) is 0 Å². The molecule has 2 nitrogen and oxygen atoms in total. The van der Waals surface area contributed by atoms with Crippen molar-refractivity contribution < 1.29 is 5.11 Å². The number of aliphatic hydroxyl groups is 1. The molecule has 0 aliphatic rings. The summed E-state index contributed by atoms with van der Waals surface area (Å²) in [5.41, 5.74) is 2.70. The Morgan fingerprint density at radius 3 is 2.67 bits per heavy atom. The van der Waals surface area contributed by atoms with Crippen LogP contribution >= 0.6 is 0 Å². The molecular formula is C13H21NO. The van der Waals surface area contributed by atoms with Gasteiger partial charge in [0, 0.05) is 12.6 Å². The van der Waals surface area contributed by atoms with Crippen molar-refractivity contribution in [2.75, 3.05) is 13.2 Å². The van der Waals surface area contributed by atoms with E-state index < -0.39 is 0 Å². The van der Waals surface area contributed by atoms with Gasteiger partial charge in [0.1, 0.15) is 0 Å². The number of unbranched alkanes of at least 4 members (excludes halogenated alkanes) is 1. The molecule has 0 aromatic heterocycles. The molecule has 0 amide bonds. The first-order valence-corrected chi connectivity index (χ1v) is 5.65. The Kier molecular flexibility index (Phi) is 5.37. The third kappa shape index (κ3) is 4.02. The molecule has 2 N–H and O–H groups in total. The minimum atomic E-state index is 0.292. The van der Waals surface area contributed by atoms with Crippen molar-refractivity contribution in [1.82, 2.24) is 5.32 Å². The van der Waals surface area contributed by atoms with Crippen molar-refractivity contribution in [1.29, 1.82) is 0 Å². The summed E-state index contributed by atoms with van der Waals surface area (Å²) in [5, 5.41) is 12.1. The molecule has 0 saturated carbocycles. The summed E-state index contributed by atoms with van der Waals surface area (Å²) in [6, 6.07) is 8.84. The van der Waals surface area contributed by atoms with Crippen LogP contribution in [0.1, 0.15) is 36.9 Å². The van der Waals surface area contributed by atoms with Crippen molar-refractivity contribution in [3.8, 4) is 0 Å². The molecule has 1 aromatic rings. The Hall–Kier alpha value is -0.860. The van der Waals surface area contributed by atoms with E-state index in [1.54, 1.807) is 0 Å². The highest BCUT2D eigenvalue weighted by atomic mass is 16.2. The van der Waals surface area contributed by atoms with Gasteiger partial charge in [-0.3, -0.25) is 0 Å². The normalized spacial score (nSPS) is 12.7. The minimum absolute atomic E-state index is 0.292. The van der Waals surface area contributed by atoms with Gasteiger partial charge in [-0.2, -0.15) is 0 Å². The average Bonchev–Trinajstić information content (AvgIpc) is 2.25. The number of hydrogen-bond donors (Lipinski definition) is 2. The van der Waals surface area contributed by atoms with Crippen LogP contribution in [0.5, 0.6) is 0 Å². The van der Waals surface area contributed by atoms with Crippen molar-refractivity contribution in [3.63, 3.8) is 0 Å². The van der Waals surface area contributed by atoms with Crippen LogP contribution in [0, 0.1) is 6.92 Å². The zero-order chi connectivity index (χ0) is 11.1. The highest BCUT2D eigenvalue weighted by Gasteiger charge is 2.05. The van der Waals surface area contributed by atoms with E-state index in [2.05, 4.69) is 43.4 Å². The number of benzene rings is 1. The van der Waals surface area contributed by atoms with Gasteiger partial charge in [0.05, 0.1) is 0 Å². The second-order valence-electron chi connectivity index (χ2n) is 3.96. The number of nitrogens with one attached hydrogen (secondary N) is 1. The number of rotatable bonds is 6. The summed E-state index contributed by atoms with van der Waals surface area (Å²) in [6.45, 7) is 5.58. The molecule has 0 spiro atoms. The molecule has 0 fully saturated rings. The molecule has 0 heterocycles. The predicted molar refractivity (Wildman–Crippen MR) is 63.9 cm³/mol. The van der Waals surface area contributed by atoms with Gasteiger partial charge in [0.15, 0.2) is 0 Å². The van der Waals surface area contributed by atoms with Crippen LogP contribution in [0.15, 0.2) is 24.3 Å². The number of aliphatic hydroxyl groups excluding tert-OH is 1. The monoisotopic (exact) mass is 207 g/mol. The zero-order valence-corrected chi connectivity index (χ0v) is 9.66. The van der Waals surface area contributed by atoms with Gasteiger partial charge in [-0.05, 0) is 44.4 Å². The molecule has 0 saturated heterocycles. The Morgan fingerprint density at radius 1 is 1.27 bits per heavy atom. The van der Waals surface area contributed by atoms with Crippen molar-refractivity contribution in [2.24, 2.45) is 0 Å². The van der Waals surface area contributed by atoms with Crippen LogP contribution < -0.4 is 5.32 Å². The highest BCUT2D eigenvalue weighted by Crippen LogP contribution is 2.16. The lowest BCUT2D eigenvalue weighted by Gasteiger charge is -2.16. The standard InChI is InChI=1S/C13H21NO/c1-11-7-3-4-8-13(11)12(2)14-9-5-6-10-15/h3-4,7-8,12,14-15H,5-6,9-10H2,1-2H3/t12-/m1/s1. The lowest BCUT2D eigenvalue weighted by molar-refractivity contribution is 0.283. The van der Waals surface area contributed by atoms with Gasteiger partial charge in [-0.25, -0.2) is 0 Å². The third-order valence-electron chi connectivity index (χ3n) is 2.69. The summed E-state index contributed by atoms with van der Waals surface area (Å²) in [4.78, 5) is 0. The first-order chi connectivity index (χ1) is 7.25. The fraction of sp³-hybridized carbons (Fsp3) is 0.538. The molecular weight excluding hydrogens is 186 g/mol. The number of hydrogen-bond acceptors (Lipinski definition) is 2. The maximum atomic E-state index is 8.66. The third-order valence-corrected chi connectivity index (χ3v) is 2.69. The quantitative estimate of drug-likeness (QED) is 0.702. The Bertz CT molecular complexity index is 286. The fourth-order valence-corrected chi connectivity index (χ4v) is 1.74. The van der Waals surface area contributed by atoms with E-state index in [-0.39, 0.29) is 0 Å². The molecule has 0 unspecified atom stereocenters. The van der Waals surface area contributed by atoms with Gasteiger partial charge in [-0.15, -0.1) is 0 Å². The van der Waals surface area contributed by atoms with Crippen LogP contribution in [0.3, 0.4) is 0 Å². The predicted octanol–water partition coefficient (Wildman–Crippen LogP) is 2.42. The van der Waals surface area contributed by atoms with Gasteiger partial charge < -0.3 is 10.4 Å². The molecule has 1 aromatic carbocycles. The largest absolute Gasteiger partial charge is 0.396 e. The minimum Gasteiger partial charge on any atom is -0.396 e. The second kappa shape index (κ2) is 6.59. The van der Waals surface area contributed by atoms with E-state index in [4.69, 9.17) is 5.11 Å². The lowest BCUT2D eigenvalue weighted by Crippen LogP contribution is -2.20. The van der Waals surface area contributed by atoms with E-state index in [1.165, 1.54) is 11.1 Å². The van der Waals surface area contributed by atoms with Crippen LogP contribution in [-0.4, -0.2) is 18.3 Å². The van der Waals surface area contributed by atoms with Crippen molar-refractivity contribution in [2.45, 2.75) is 32.7 Å². The molecule has 1 rings (SSSR count). The highest BCUT2D eigenvalue weighted by molar-refractivity contribution is 5.28.